The minimum Gasteiger partial charge on any atom is -0.298 e. The Balaban J connectivity index is 2.52. The standard InChI is InChI=1S/C14H20FNO/c1-3-9-16(4-2)11-13(17)10-12-7-5-6-8-14(12)15/h5-8H,3-4,9-11H2,1-2H3. The summed E-state index contributed by atoms with van der Waals surface area (Å²) in [5.74, 6) is -0.218. The van der Waals surface area contributed by atoms with Crippen LogP contribution in [0.25, 0.3) is 0 Å². The molecule has 0 aliphatic carbocycles. The molecule has 0 bridgehead atoms. The van der Waals surface area contributed by atoms with E-state index in [0.29, 0.717) is 12.1 Å². The van der Waals surface area contributed by atoms with Gasteiger partial charge in [0.1, 0.15) is 5.82 Å². The summed E-state index contributed by atoms with van der Waals surface area (Å²) in [6.45, 7) is 6.31. The number of carbonyl (C=O) groups excluding carboxylic acids is 1. The first-order chi connectivity index (χ1) is 8.17. The molecule has 0 saturated carbocycles. The lowest BCUT2D eigenvalue weighted by Gasteiger charge is -2.18. The maximum atomic E-state index is 13.4. The highest BCUT2D eigenvalue weighted by molar-refractivity contribution is 5.82. The molecule has 0 aromatic heterocycles. The maximum Gasteiger partial charge on any atom is 0.151 e. The van der Waals surface area contributed by atoms with Gasteiger partial charge >= 0.3 is 0 Å². The first kappa shape index (κ1) is 13.8. The molecule has 0 fully saturated rings. The average Bonchev–Trinajstić information content (AvgIpc) is 2.31. The summed E-state index contributed by atoms with van der Waals surface area (Å²) in [6.07, 6.45) is 1.22. The quantitative estimate of drug-likeness (QED) is 0.726. The molecule has 0 spiro atoms. The highest BCUT2D eigenvalue weighted by atomic mass is 19.1. The fraction of sp³-hybridized carbons (Fsp3) is 0.500. The zero-order valence-corrected chi connectivity index (χ0v) is 10.6. The molecule has 0 radical (unpaired) electrons. The molecule has 1 aromatic carbocycles. The van der Waals surface area contributed by atoms with Gasteiger partial charge in [-0.2, -0.15) is 0 Å². The van der Waals surface area contributed by atoms with Crippen molar-refractivity contribution >= 4 is 5.78 Å². The molecular formula is C14H20FNO. The molecule has 17 heavy (non-hydrogen) atoms. The van der Waals surface area contributed by atoms with Crippen molar-refractivity contribution in [3.05, 3.63) is 35.6 Å². The van der Waals surface area contributed by atoms with Crippen molar-refractivity contribution in [2.45, 2.75) is 26.7 Å². The average molecular weight is 237 g/mol. The van der Waals surface area contributed by atoms with Crippen molar-refractivity contribution in [1.82, 2.24) is 4.90 Å². The van der Waals surface area contributed by atoms with E-state index in [4.69, 9.17) is 0 Å². The first-order valence-electron chi connectivity index (χ1n) is 6.14. The smallest absolute Gasteiger partial charge is 0.151 e. The number of rotatable bonds is 7. The van der Waals surface area contributed by atoms with Crippen LogP contribution in [0.5, 0.6) is 0 Å². The van der Waals surface area contributed by atoms with Gasteiger partial charge < -0.3 is 0 Å². The van der Waals surface area contributed by atoms with E-state index in [0.717, 1.165) is 19.5 Å². The summed E-state index contributed by atoms with van der Waals surface area (Å²) in [6, 6.07) is 6.46. The highest BCUT2D eigenvalue weighted by Gasteiger charge is 2.11. The monoisotopic (exact) mass is 237 g/mol. The Hall–Kier alpha value is -1.22. The van der Waals surface area contributed by atoms with Crippen LogP contribution in [0.4, 0.5) is 4.39 Å². The van der Waals surface area contributed by atoms with Gasteiger partial charge in [-0.3, -0.25) is 9.69 Å². The fourth-order valence-electron chi connectivity index (χ4n) is 1.82. The van der Waals surface area contributed by atoms with Gasteiger partial charge in [0.2, 0.25) is 0 Å². The first-order valence-corrected chi connectivity index (χ1v) is 6.14. The molecule has 0 N–H and O–H groups in total. The number of halogens is 1. The van der Waals surface area contributed by atoms with Crippen molar-refractivity contribution in [3.63, 3.8) is 0 Å². The van der Waals surface area contributed by atoms with Crippen molar-refractivity contribution in [2.75, 3.05) is 19.6 Å². The predicted molar refractivity (Wildman–Crippen MR) is 67.5 cm³/mol. The fourth-order valence-corrected chi connectivity index (χ4v) is 1.82. The summed E-state index contributed by atoms with van der Waals surface area (Å²) in [7, 11) is 0. The van der Waals surface area contributed by atoms with Crippen LogP contribution in [0.15, 0.2) is 24.3 Å². The summed E-state index contributed by atoms with van der Waals surface area (Å²) in [5, 5.41) is 0. The minimum absolute atomic E-state index is 0.0744. The molecule has 0 amide bonds. The van der Waals surface area contributed by atoms with Gasteiger partial charge in [-0.05, 0) is 31.1 Å². The normalized spacial score (nSPS) is 10.8. The van der Waals surface area contributed by atoms with Gasteiger partial charge in [0.05, 0.1) is 6.54 Å². The van der Waals surface area contributed by atoms with Crippen LogP contribution in [-0.4, -0.2) is 30.3 Å². The molecule has 3 heteroatoms. The lowest BCUT2D eigenvalue weighted by molar-refractivity contribution is -0.119. The SMILES string of the molecule is CCCN(CC)CC(=O)Cc1ccccc1F. The van der Waals surface area contributed by atoms with Gasteiger partial charge in [0, 0.05) is 6.42 Å². The van der Waals surface area contributed by atoms with E-state index in [1.807, 2.05) is 6.92 Å². The Morgan fingerprint density at radius 2 is 2.00 bits per heavy atom. The number of Topliss-reactive ketones (excluding diaryl/α,β-unsaturated/α-hetero) is 1. The molecule has 0 saturated heterocycles. The third-order valence-electron chi connectivity index (χ3n) is 2.73. The second-order valence-corrected chi connectivity index (χ2v) is 4.18. The summed E-state index contributed by atoms with van der Waals surface area (Å²) in [5.41, 5.74) is 0.491. The Bertz CT molecular complexity index is 365. The van der Waals surface area contributed by atoms with Crippen LogP contribution in [0.3, 0.4) is 0 Å². The van der Waals surface area contributed by atoms with E-state index in [-0.39, 0.29) is 18.0 Å². The number of benzene rings is 1. The van der Waals surface area contributed by atoms with Gasteiger partial charge in [0.25, 0.3) is 0 Å². The van der Waals surface area contributed by atoms with Crippen LogP contribution in [0.2, 0.25) is 0 Å². The topological polar surface area (TPSA) is 20.3 Å². The zero-order chi connectivity index (χ0) is 12.7. The number of hydrogen-bond acceptors (Lipinski definition) is 2. The van der Waals surface area contributed by atoms with Crippen molar-refractivity contribution in [3.8, 4) is 0 Å². The Morgan fingerprint density at radius 1 is 1.29 bits per heavy atom. The van der Waals surface area contributed by atoms with E-state index in [1.54, 1.807) is 18.2 Å². The molecule has 0 heterocycles. The van der Waals surface area contributed by atoms with E-state index < -0.39 is 0 Å². The number of likely N-dealkylation sites (N-methyl/N-ethyl adjacent to an activating group) is 1. The Morgan fingerprint density at radius 3 is 2.59 bits per heavy atom. The van der Waals surface area contributed by atoms with Crippen molar-refractivity contribution < 1.29 is 9.18 Å². The maximum absolute atomic E-state index is 13.4. The number of nitrogens with zero attached hydrogens (tertiary/aromatic N) is 1. The van der Waals surface area contributed by atoms with E-state index in [1.165, 1.54) is 6.07 Å². The molecule has 0 aliphatic heterocycles. The summed E-state index contributed by atoms with van der Waals surface area (Å²) in [4.78, 5) is 13.9. The van der Waals surface area contributed by atoms with Crippen LogP contribution in [-0.2, 0) is 11.2 Å². The predicted octanol–water partition coefficient (Wildman–Crippen LogP) is 2.67. The Labute approximate surface area is 102 Å². The van der Waals surface area contributed by atoms with Crippen LogP contribution < -0.4 is 0 Å². The third-order valence-corrected chi connectivity index (χ3v) is 2.73. The van der Waals surface area contributed by atoms with E-state index in [9.17, 15) is 9.18 Å². The largest absolute Gasteiger partial charge is 0.298 e. The summed E-state index contributed by atoms with van der Waals surface area (Å²) < 4.78 is 13.4. The van der Waals surface area contributed by atoms with Crippen LogP contribution >= 0.6 is 0 Å². The van der Waals surface area contributed by atoms with Gasteiger partial charge in [-0.15, -0.1) is 0 Å². The number of hydrogen-bond donors (Lipinski definition) is 0. The van der Waals surface area contributed by atoms with Crippen LogP contribution in [0.1, 0.15) is 25.8 Å². The molecule has 1 rings (SSSR count). The van der Waals surface area contributed by atoms with Crippen molar-refractivity contribution in [2.24, 2.45) is 0 Å². The van der Waals surface area contributed by atoms with E-state index in [2.05, 4.69) is 11.8 Å². The number of ketones is 1. The van der Waals surface area contributed by atoms with E-state index >= 15 is 0 Å². The second kappa shape index (κ2) is 7.17. The molecule has 0 atom stereocenters. The molecule has 0 unspecified atom stereocenters. The molecule has 1 aromatic rings. The van der Waals surface area contributed by atoms with Crippen molar-refractivity contribution in [1.29, 1.82) is 0 Å². The minimum atomic E-state index is -0.292. The van der Waals surface area contributed by atoms with Crippen LogP contribution in [0, 0.1) is 5.82 Å². The second-order valence-electron chi connectivity index (χ2n) is 4.18. The zero-order valence-electron chi connectivity index (χ0n) is 10.6. The molecular weight excluding hydrogens is 217 g/mol. The lowest BCUT2D eigenvalue weighted by Crippen LogP contribution is -2.31. The Kier molecular flexibility index (Phi) is 5.84. The number of carbonyl (C=O) groups is 1. The van der Waals surface area contributed by atoms with Gasteiger partial charge in [-0.25, -0.2) is 4.39 Å². The molecule has 0 aliphatic rings. The molecule has 94 valence electrons. The molecule has 2 nitrogen and oxygen atoms in total. The van der Waals surface area contributed by atoms with Gasteiger partial charge in [0.15, 0.2) is 5.78 Å². The highest BCUT2D eigenvalue weighted by Crippen LogP contribution is 2.07. The summed E-state index contributed by atoms with van der Waals surface area (Å²) >= 11 is 0. The third kappa shape index (κ3) is 4.65. The van der Waals surface area contributed by atoms with Gasteiger partial charge in [-0.1, -0.05) is 32.0 Å². The lowest BCUT2D eigenvalue weighted by atomic mass is 10.1.